The molecule has 0 bridgehead atoms. The van der Waals surface area contributed by atoms with Crippen molar-refractivity contribution in [3.8, 4) is 5.75 Å². The zero-order valence-electron chi connectivity index (χ0n) is 7.73. The van der Waals surface area contributed by atoms with Gasteiger partial charge in [-0.1, -0.05) is 18.2 Å². The maximum Gasteiger partial charge on any atom is 0.122 e. The Morgan fingerprint density at radius 2 is 2.15 bits per heavy atom. The molecule has 1 atom stereocenters. The molecule has 1 aromatic carbocycles. The Kier molecular flexibility index (Phi) is 3.73. The predicted octanol–water partition coefficient (Wildman–Crippen LogP) is 0.730. The molecule has 1 aromatic rings. The molecule has 1 rings (SSSR count). The molecule has 72 valence electrons. The number of para-hydroxylation sites is 1. The molecule has 0 aliphatic heterocycles. The van der Waals surface area contributed by atoms with Crippen LogP contribution < -0.4 is 10.5 Å². The van der Waals surface area contributed by atoms with Gasteiger partial charge in [0.1, 0.15) is 5.75 Å². The Morgan fingerprint density at radius 3 is 2.69 bits per heavy atom. The van der Waals surface area contributed by atoms with Gasteiger partial charge in [-0.25, -0.2) is 0 Å². The monoisotopic (exact) mass is 181 g/mol. The van der Waals surface area contributed by atoms with Gasteiger partial charge in [-0.3, -0.25) is 0 Å². The summed E-state index contributed by atoms with van der Waals surface area (Å²) in [7, 11) is 1.61. The normalized spacial score (nSPS) is 12.5. The third kappa shape index (κ3) is 2.20. The largest absolute Gasteiger partial charge is 0.496 e. The highest BCUT2D eigenvalue weighted by atomic mass is 16.5. The molecule has 0 aromatic heterocycles. The first-order valence-electron chi connectivity index (χ1n) is 4.27. The summed E-state index contributed by atoms with van der Waals surface area (Å²) in [5.41, 5.74) is 6.49. The van der Waals surface area contributed by atoms with Crippen LogP contribution in [-0.2, 0) is 0 Å². The zero-order chi connectivity index (χ0) is 9.68. The van der Waals surface area contributed by atoms with Crippen LogP contribution in [0, 0.1) is 0 Å². The second-order valence-electron chi connectivity index (χ2n) is 2.86. The highest BCUT2D eigenvalue weighted by Crippen LogP contribution is 2.24. The first-order chi connectivity index (χ1) is 6.33. The number of rotatable bonds is 4. The van der Waals surface area contributed by atoms with E-state index in [0.717, 1.165) is 11.3 Å². The van der Waals surface area contributed by atoms with Crippen molar-refractivity contribution in [3.05, 3.63) is 29.8 Å². The molecule has 3 heteroatoms. The lowest BCUT2D eigenvalue weighted by molar-refractivity contribution is 0.264. The van der Waals surface area contributed by atoms with Crippen molar-refractivity contribution in [1.29, 1.82) is 0 Å². The van der Waals surface area contributed by atoms with Crippen molar-refractivity contribution in [2.45, 2.75) is 5.92 Å². The molecule has 3 N–H and O–H groups in total. The summed E-state index contributed by atoms with van der Waals surface area (Å²) < 4.78 is 5.16. The number of ether oxygens (including phenoxy) is 1. The van der Waals surface area contributed by atoms with E-state index in [1.165, 1.54) is 0 Å². The van der Waals surface area contributed by atoms with E-state index in [9.17, 15) is 0 Å². The van der Waals surface area contributed by atoms with Gasteiger partial charge in [0, 0.05) is 18.0 Å². The van der Waals surface area contributed by atoms with E-state index in [0.29, 0.717) is 6.54 Å². The Bertz CT molecular complexity index is 259. The average molecular weight is 181 g/mol. The predicted molar refractivity (Wildman–Crippen MR) is 51.9 cm³/mol. The summed E-state index contributed by atoms with van der Waals surface area (Å²) in [6.45, 7) is 0.480. The Balaban J connectivity index is 2.96. The molecule has 3 nitrogen and oxygen atoms in total. The van der Waals surface area contributed by atoms with Gasteiger partial charge in [0.2, 0.25) is 0 Å². The Labute approximate surface area is 78.1 Å². The number of benzene rings is 1. The number of aliphatic hydroxyl groups is 1. The van der Waals surface area contributed by atoms with Gasteiger partial charge in [-0.15, -0.1) is 0 Å². The van der Waals surface area contributed by atoms with Crippen LogP contribution in [0.5, 0.6) is 5.75 Å². The second kappa shape index (κ2) is 4.84. The van der Waals surface area contributed by atoms with Crippen LogP contribution in [0.4, 0.5) is 0 Å². The molecule has 13 heavy (non-hydrogen) atoms. The third-order valence-corrected chi connectivity index (χ3v) is 2.08. The van der Waals surface area contributed by atoms with Gasteiger partial charge in [0.15, 0.2) is 0 Å². The van der Waals surface area contributed by atoms with E-state index >= 15 is 0 Å². The standard InChI is InChI=1S/C10H15NO2/c1-13-10-5-3-2-4-9(10)8(6-11)7-12/h2-5,8,12H,6-7,11H2,1H3. The lowest BCUT2D eigenvalue weighted by Crippen LogP contribution is -2.16. The SMILES string of the molecule is COc1ccccc1C(CN)CO. The van der Waals surface area contributed by atoms with Gasteiger partial charge in [0.25, 0.3) is 0 Å². The second-order valence-corrected chi connectivity index (χ2v) is 2.86. The highest BCUT2D eigenvalue weighted by molar-refractivity contribution is 5.36. The number of hydrogen-bond acceptors (Lipinski definition) is 3. The fourth-order valence-corrected chi connectivity index (χ4v) is 1.30. The molecular formula is C10H15NO2. The van der Waals surface area contributed by atoms with Crippen LogP contribution in [0.15, 0.2) is 24.3 Å². The van der Waals surface area contributed by atoms with Crippen LogP contribution in [0.1, 0.15) is 11.5 Å². The van der Waals surface area contributed by atoms with Crippen molar-refractivity contribution < 1.29 is 9.84 Å². The van der Waals surface area contributed by atoms with Crippen LogP contribution in [-0.4, -0.2) is 25.4 Å². The van der Waals surface area contributed by atoms with Crippen LogP contribution >= 0.6 is 0 Å². The van der Waals surface area contributed by atoms with E-state index in [1.807, 2.05) is 24.3 Å². The molecule has 0 radical (unpaired) electrons. The summed E-state index contributed by atoms with van der Waals surface area (Å²) in [5.74, 6) is 0.753. The third-order valence-electron chi connectivity index (χ3n) is 2.08. The minimum Gasteiger partial charge on any atom is -0.496 e. The molecule has 0 heterocycles. The minimum absolute atomic E-state index is 0.0313. The lowest BCUT2D eigenvalue weighted by atomic mass is 9.99. The number of nitrogens with two attached hydrogens (primary N) is 1. The van der Waals surface area contributed by atoms with Crippen molar-refractivity contribution in [1.82, 2.24) is 0 Å². The molecular weight excluding hydrogens is 166 g/mol. The Hall–Kier alpha value is -1.06. The molecule has 0 amide bonds. The van der Waals surface area contributed by atoms with Gasteiger partial charge in [-0.2, -0.15) is 0 Å². The van der Waals surface area contributed by atoms with Gasteiger partial charge >= 0.3 is 0 Å². The fourth-order valence-electron chi connectivity index (χ4n) is 1.30. The number of hydrogen-bond donors (Lipinski definition) is 2. The van der Waals surface area contributed by atoms with Crippen molar-refractivity contribution in [3.63, 3.8) is 0 Å². The van der Waals surface area contributed by atoms with E-state index in [2.05, 4.69) is 0 Å². The Morgan fingerprint density at radius 1 is 1.46 bits per heavy atom. The van der Waals surface area contributed by atoms with Crippen LogP contribution in [0.25, 0.3) is 0 Å². The van der Waals surface area contributed by atoms with E-state index in [1.54, 1.807) is 7.11 Å². The maximum absolute atomic E-state index is 9.06. The summed E-state index contributed by atoms with van der Waals surface area (Å²) in [4.78, 5) is 0. The first kappa shape index (κ1) is 10.0. The van der Waals surface area contributed by atoms with Gasteiger partial charge in [0.05, 0.1) is 13.7 Å². The summed E-state index contributed by atoms with van der Waals surface area (Å²) in [5, 5.41) is 9.06. The van der Waals surface area contributed by atoms with Crippen molar-refractivity contribution in [2.24, 2.45) is 5.73 Å². The number of aliphatic hydroxyl groups excluding tert-OH is 1. The molecule has 1 unspecified atom stereocenters. The summed E-state index contributed by atoms with van der Waals surface area (Å²) in [6, 6.07) is 7.60. The van der Waals surface area contributed by atoms with E-state index < -0.39 is 0 Å². The smallest absolute Gasteiger partial charge is 0.122 e. The molecule has 0 fully saturated rings. The van der Waals surface area contributed by atoms with Gasteiger partial charge in [-0.05, 0) is 6.07 Å². The maximum atomic E-state index is 9.06. The van der Waals surface area contributed by atoms with Crippen LogP contribution in [0.2, 0.25) is 0 Å². The van der Waals surface area contributed by atoms with Gasteiger partial charge < -0.3 is 15.6 Å². The molecule has 0 saturated carbocycles. The minimum atomic E-state index is -0.0313. The molecule has 0 aliphatic carbocycles. The lowest BCUT2D eigenvalue weighted by Gasteiger charge is -2.15. The first-order valence-corrected chi connectivity index (χ1v) is 4.27. The van der Waals surface area contributed by atoms with E-state index in [4.69, 9.17) is 15.6 Å². The summed E-state index contributed by atoms with van der Waals surface area (Å²) in [6.07, 6.45) is 0. The average Bonchev–Trinajstić information content (AvgIpc) is 2.20. The quantitative estimate of drug-likeness (QED) is 0.720. The molecule has 0 saturated heterocycles. The summed E-state index contributed by atoms with van der Waals surface area (Å²) >= 11 is 0. The molecule has 0 spiro atoms. The molecule has 0 aliphatic rings. The highest BCUT2D eigenvalue weighted by Gasteiger charge is 2.12. The van der Waals surface area contributed by atoms with Crippen molar-refractivity contribution >= 4 is 0 Å². The number of methoxy groups -OCH3 is 1. The zero-order valence-corrected chi connectivity index (χ0v) is 7.73. The van der Waals surface area contributed by atoms with Crippen molar-refractivity contribution in [2.75, 3.05) is 20.3 Å². The topological polar surface area (TPSA) is 55.5 Å². The van der Waals surface area contributed by atoms with E-state index in [-0.39, 0.29) is 12.5 Å². The van der Waals surface area contributed by atoms with Crippen LogP contribution in [0.3, 0.4) is 0 Å². The fraction of sp³-hybridized carbons (Fsp3) is 0.400.